The minimum absolute atomic E-state index is 0.430. The number of methoxy groups -OCH3 is 1. The molecule has 2 rings (SSSR count). The highest BCUT2D eigenvalue weighted by atomic mass is 32.1. The first kappa shape index (κ1) is 15.8. The van der Waals surface area contributed by atoms with Crippen molar-refractivity contribution < 1.29 is 4.74 Å². The molecule has 0 saturated carbocycles. The lowest BCUT2D eigenvalue weighted by Crippen LogP contribution is -2.10. The highest BCUT2D eigenvalue weighted by Crippen LogP contribution is 2.37. The van der Waals surface area contributed by atoms with Gasteiger partial charge in [-0.25, -0.2) is 4.98 Å². The van der Waals surface area contributed by atoms with Gasteiger partial charge in [0.1, 0.15) is 5.75 Å². The third-order valence-corrected chi connectivity index (χ3v) is 4.88. The van der Waals surface area contributed by atoms with Crippen molar-refractivity contribution in [3.8, 4) is 5.75 Å². The number of para-hydroxylation sites is 2. The zero-order valence-electron chi connectivity index (χ0n) is 13.1. The number of hydrogen-bond acceptors (Lipinski definition) is 5. The van der Waals surface area contributed by atoms with E-state index in [0.717, 1.165) is 28.7 Å². The molecule has 0 amide bonds. The molecule has 0 bridgehead atoms. The molecular formula is C16H23N3OS. The maximum Gasteiger partial charge on any atom is 0.190 e. The van der Waals surface area contributed by atoms with Gasteiger partial charge in [-0.15, -0.1) is 0 Å². The smallest absolute Gasteiger partial charge is 0.190 e. The van der Waals surface area contributed by atoms with Crippen LogP contribution in [0.5, 0.6) is 5.75 Å². The summed E-state index contributed by atoms with van der Waals surface area (Å²) in [6.45, 7) is 4.91. The van der Waals surface area contributed by atoms with E-state index in [1.54, 1.807) is 18.4 Å². The van der Waals surface area contributed by atoms with Crippen molar-refractivity contribution in [2.24, 2.45) is 5.73 Å². The quantitative estimate of drug-likeness (QED) is 0.879. The average molecular weight is 305 g/mol. The van der Waals surface area contributed by atoms with Crippen molar-refractivity contribution in [3.05, 3.63) is 34.8 Å². The van der Waals surface area contributed by atoms with Gasteiger partial charge < -0.3 is 15.4 Å². The predicted octanol–water partition coefficient (Wildman–Crippen LogP) is 3.89. The van der Waals surface area contributed by atoms with E-state index in [4.69, 9.17) is 15.5 Å². The molecule has 1 unspecified atom stereocenters. The summed E-state index contributed by atoms with van der Waals surface area (Å²) in [7, 11) is 3.70. The van der Waals surface area contributed by atoms with E-state index in [1.165, 1.54) is 4.88 Å². The SMILES string of the molecule is CCC(C)c1nc(N(C)c2ccccc2OC)sc1CN. The van der Waals surface area contributed by atoms with Crippen molar-refractivity contribution in [2.75, 3.05) is 19.1 Å². The zero-order valence-corrected chi connectivity index (χ0v) is 13.9. The number of rotatable bonds is 6. The first-order chi connectivity index (χ1) is 10.1. The summed E-state index contributed by atoms with van der Waals surface area (Å²) >= 11 is 1.66. The monoisotopic (exact) mass is 305 g/mol. The molecule has 0 aliphatic carbocycles. The molecule has 2 N–H and O–H groups in total. The van der Waals surface area contributed by atoms with Gasteiger partial charge in [-0.3, -0.25) is 0 Å². The van der Waals surface area contributed by atoms with E-state index in [0.29, 0.717) is 12.5 Å². The van der Waals surface area contributed by atoms with Gasteiger partial charge in [-0.2, -0.15) is 0 Å². The van der Waals surface area contributed by atoms with Crippen LogP contribution in [-0.4, -0.2) is 19.1 Å². The standard InChI is InChI=1S/C16H23N3OS/c1-5-11(2)15-14(10-17)21-16(18-15)19(3)12-8-6-7-9-13(12)20-4/h6-9,11H,5,10,17H2,1-4H3. The van der Waals surface area contributed by atoms with Gasteiger partial charge >= 0.3 is 0 Å². The summed E-state index contributed by atoms with van der Waals surface area (Å²) < 4.78 is 5.43. The molecule has 2 aromatic rings. The zero-order chi connectivity index (χ0) is 15.4. The van der Waals surface area contributed by atoms with Gasteiger partial charge in [-0.1, -0.05) is 37.3 Å². The molecule has 114 valence electrons. The second-order valence-corrected chi connectivity index (χ2v) is 6.11. The third-order valence-electron chi connectivity index (χ3n) is 3.71. The first-order valence-electron chi connectivity index (χ1n) is 7.18. The highest BCUT2D eigenvalue weighted by Gasteiger charge is 2.19. The Morgan fingerprint density at radius 2 is 2.10 bits per heavy atom. The van der Waals surface area contributed by atoms with Gasteiger partial charge in [0.05, 0.1) is 18.5 Å². The van der Waals surface area contributed by atoms with E-state index in [2.05, 4.69) is 18.7 Å². The van der Waals surface area contributed by atoms with Crippen LogP contribution in [0, 0.1) is 0 Å². The van der Waals surface area contributed by atoms with Crippen LogP contribution in [0.3, 0.4) is 0 Å². The molecule has 5 heteroatoms. The Morgan fingerprint density at radius 3 is 2.71 bits per heavy atom. The number of nitrogens with two attached hydrogens (primary N) is 1. The maximum absolute atomic E-state index is 5.88. The molecule has 0 radical (unpaired) electrons. The van der Waals surface area contributed by atoms with E-state index < -0.39 is 0 Å². The highest BCUT2D eigenvalue weighted by molar-refractivity contribution is 7.15. The predicted molar refractivity (Wildman–Crippen MR) is 89.8 cm³/mol. The van der Waals surface area contributed by atoms with Gasteiger partial charge in [0, 0.05) is 18.5 Å². The molecule has 0 saturated heterocycles. The lowest BCUT2D eigenvalue weighted by atomic mass is 10.0. The molecule has 1 atom stereocenters. The molecular weight excluding hydrogens is 282 g/mol. The minimum atomic E-state index is 0.430. The van der Waals surface area contributed by atoms with E-state index in [1.807, 2.05) is 31.3 Å². The number of ether oxygens (including phenoxy) is 1. The maximum atomic E-state index is 5.88. The lowest BCUT2D eigenvalue weighted by molar-refractivity contribution is 0.415. The van der Waals surface area contributed by atoms with Crippen molar-refractivity contribution in [2.45, 2.75) is 32.7 Å². The Morgan fingerprint density at radius 1 is 1.38 bits per heavy atom. The largest absolute Gasteiger partial charge is 0.495 e. The number of hydrogen-bond donors (Lipinski definition) is 1. The third kappa shape index (κ3) is 3.19. The van der Waals surface area contributed by atoms with E-state index >= 15 is 0 Å². The van der Waals surface area contributed by atoms with Crippen LogP contribution in [-0.2, 0) is 6.54 Å². The van der Waals surface area contributed by atoms with Crippen molar-refractivity contribution in [3.63, 3.8) is 0 Å². The van der Waals surface area contributed by atoms with Gasteiger partial charge in [0.25, 0.3) is 0 Å². The molecule has 1 aromatic heterocycles. The summed E-state index contributed by atoms with van der Waals surface area (Å²) in [4.78, 5) is 8.04. The number of anilines is 2. The van der Waals surface area contributed by atoms with Gasteiger partial charge in [0.2, 0.25) is 0 Å². The van der Waals surface area contributed by atoms with Crippen LogP contribution in [0.15, 0.2) is 24.3 Å². The van der Waals surface area contributed by atoms with E-state index in [-0.39, 0.29) is 0 Å². The molecule has 21 heavy (non-hydrogen) atoms. The molecule has 4 nitrogen and oxygen atoms in total. The van der Waals surface area contributed by atoms with Crippen LogP contribution in [0.1, 0.15) is 36.8 Å². The number of benzene rings is 1. The summed E-state index contributed by atoms with van der Waals surface area (Å²) in [5.74, 6) is 1.27. The van der Waals surface area contributed by atoms with Crippen molar-refractivity contribution in [1.82, 2.24) is 4.98 Å². The van der Waals surface area contributed by atoms with Crippen LogP contribution in [0.2, 0.25) is 0 Å². The number of thiazole rings is 1. The Kier molecular flexibility index (Phi) is 5.20. The molecule has 0 aliphatic heterocycles. The van der Waals surface area contributed by atoms with Gasteiger partial charge in [0.15, 0.2) is 5.13 Å². The first-order valence-corrected chi connectivity index (χ1v) is 8.00. The fourth-order valence-electron chi connectivity index (χ4n) is 2.23. The fourth-order valence-corrected chi connectivity index (χ4v) is 3.26. The molecule has 1 aromatic carbocycles. The Hall–Kier alpha value is -1.59. The molecule has 1 heterocycles. The van der Waals surface area contributed by atoms with Crippen LogP contribution >= 0.6 is 11.3 Å². The molecule has 0 spiro atoms. The average Bonchev–Trinajstić information content (AvgIpc) is 2.97. The summed E-state index contributed by atoms with van der Waals surface area (Å²) in [5, 5.41) is 0.954. The number of aromatic nitrogens is 1. The molecule has 0 fully saturated rings. The topological polar surface area (TPSA) is 51.4 Å². The second kappa shape index (κ2) is 6.91. The van der Waals surface area contributed by atoms with E-state index in [9.17, 15) is 0 Å². The molecule has 0 aliphatic rings. The Labute approximate surface area is 130 Å². The fraction of sp³-hybridized carbons (Fsp3) is 0.438. The van der Waals surface area contributed by atoms with Crippen LogP contribution < -0.4 is 15.4 Å². The normalized spacial score (nSPS) is 12.2. The number of nitrogens with zero attached hydrogens (tertiary/aromatic N) is 2. The summed E-state index contributed by atoms with van der Waals surface area (Å²) in [5.41, 5.74) is 8.01. The second-order valence-electron chi connectivity index (χ2n) is 5.05. The van der Waals surface area contributed by atoms with Crippen LogP contribution in [0.4, 0.5) is 10.8 Å². The Balaban J connectivity index is 2.39. The van der Waals surface area contributed by atoms with Crippen LogP contribution in [0.25, 0.3) is 0 Å². The lowest BCUT2D eigenvalue weighted by Gasteiger charge is -2.18. The summed E-state index contributed by atoms with van der Waals surface area (Å²) in [6.07, 6.45) is 1.06. The van der Waals surface area contributed by atoms with Gasteiger partial charge in [-0.05, 0) is 24.5 Å². The Bertz CT molecular complexity index is 597. The summed E-state index contributed by atoms with van der Waals surface area (Å²) in [6, 6.07) is 7.96. The van der Waals surface area contributed by atoms with Crippen molar-refractivity contribution >= 4 is 22.2 Å². The minimum Gasteiger partial charge on any atom is -0.495 e. The van der Waals surface area contributed by atoms with Crippen molar-refractivity contribution in [1.29, 1.82) is 0 Å².